The molecule has 2 amide bonds. The van der Waals surface area contributed by atoms with Gasteiger partial charge in [-0.3, -0.25) is 30.5 Å². The van der Waals surface area contributed by atoms with Crippen LogP contribution in [0.15, 0.2) is 48.5 Å². The van der Waals surface area contributed by atoms with Crippen molar-refractivity contribution in [3.8, 4) is 0 Å². The number of thiocarbonyl (C=S) groups is 2. The van der Waals surface area contributed by atoms with Crippen LogP contribution in [0, 0.1) is 11.6 Å². The van der Waals surface area contributed by atoms with E-state index >= 15 is 0 Å². The number of amides is 2. The summed E-state index contributed by atoms with van der Waals surface area (Å²) in [5, 5.41) is 2.45. The lowest BCUT2D eigenvalue weighted by atomic mass is 10.2. The van der Waals surface area contributed by atoms with E-state index in [0.717, 1.165) is 0 Å². The first kappa shape index (κ1) is 22.3. The van der Waals surface area contributed by atoms with Crippen molar-refractivity contribution in [1.29, 1.82) is 0 Å². The monoisotopic (exact) mass is 436 g/mol. The number of hydrogen-bond acceptors (Lipinski definition) is 4. The summed E-state index contributed by atoms with van der Waals surface area (Å²) in [5.41, 5.74) is 5.70. The van der Waals surface area contributed by atoms with E-state index in [9.17, 15) is 18.4 Å². The average Bonchev–Trinajstić information content (AvgIpc) is 2.66. The molecule has 0 heterocycles. The fourth-order valence-electron chi connectivity index (χ4n) is 2.33. The average molecular weight is 437 g/mol. The molecule has 0 unspecified atom stereocenters. The number of carbonyl (C=O) groups excluding carboxylic acids is 2. The van der Waals surface area contributed by atoms with Gasteiger partial charge in [0.25, 0.3) is 0 Å². The third-order valence-electron chi connectivity index (χ3n) is 3.66. The second-order valence-electron chi connectivity index (χ2n) is 6.00. The van der Waals surface area contributed by atoms with Gasteiger partial charge in [-0.1, -0.05) is 48.7 Å². The Kier molecular flexibility index (Phi) is 7.68. The number of benzene rings is 2. The van der Waals surface area contributed by atoms with E-state index in [1.165, 1.54) is 60.5 Å². The van der Waals surface area contributed by atoms with Gasteiger partial charge in [0.1, 0.15) is 28.0 Å². The Hall–Kier alpha value is -2.98. The normalized spacial score (nSPS) is 10.1. The molecule has 2 aromatic rings. The summed E-state index contributed by atoms with van der Waals surface area (Å²) < 4.78 is 26.6. The molecular weight excluding hydrogens is 418 g/mol. The molecule has 0 aliphatic heterocycles. The van der Waals surface area contributed by atoms with Crippen LogP contribution in [0.25, 0.3) is 0 Å². The van der Waals surface area contributed by atoms with Crippen LogP contribution in [0.5, 0.6) is 0 Å². The van der Waals surface area contributed by atoms with Gasteiger partial charge in [-0.15, -0.1) is 0 Å². The quantitative estimate of drug-likeness (QED) is 0.436. The van der Waals surface area contributed by atoms with Crippen molar-refractivity contribution >= 4 is 46.2 Å². The summed E-state index contributed by atoms with van der Waals surface area (Å²) in [7, 11) is 2.96. The molecule has 152 valence electrons. The zero-order valence-electron chi connectivity index (χ0n) is 15.6. The molecule has 2 N–H and O–H groups in total. The fourth-order valence-corrected chi connectivity index (χ4v) is 2.68. The third kappa shape index (κ3) is 6.54. The van der Waals surface area contributed by atoms with Crippen molar-refractivity contribution < 1.29 is 18.4 Å². The highest BCUT2D eigenvalue weighted by molar-refractivity contribution is 7.80. The molecule has 0 atom stereocenters. The van der Waals surface area contributed by atoms with E-state index in [-0.39, 0.29) is 9.98 Å². The molecule has 0 radical (unpaired) electrons. The summed E-state index contributed by atoms with van der Waals surface area (Å²) in [6, 6.07) is 11.2. The smallest absolute Gasteiger partial charge is 0.248 e. The van der Waals surface area contributed by atoms with Crippen molar-refractivity contribution in [3.63, 3.8) is 0 Å². The highest BCUT2D eigenvalue weighted by atomic mass is 32.1. The second-order valence-corrected chi connectivity index (χ2v) is 6.77. The molecule has 2 aromatic carbocycles. The SMILES string of the molecule is CN(NC(=O)CC(=O)NN(C)C(=S)c1cccc(F)c1)C(=S)c1cccc(F)c1. The molecule has 0 aliphatic rings. The Morgan fingerprint density at radius 3 is 1.55 bits per heavy atom. The highest BCUT2D eigenvalue weighted by Crippen LogP contribution is 2.08. The first-order valence-corrected chi connectivity index (χ1v) is 9.15. The summed E-state index contributed by atoms with van der Waals surface area (Å²) in [5.74, 6) is -2.18. The van der Waals surface area contributed by atoms with Gasteiger partial charge < -0.3 is 0 Å². The number of nitrogens with zero attached hydrogens (tertiary/aromatic N) is 2. The lowest BCUT2D eigenvalue weighted by Gasteiger charge is -2.23. The van der Waals surface area contributed by atoms with Gasteiger partial charge >= 0.3 is 0 Å². The molecule has 0 fully saturated rings. The van der Waals surface area contributed by atoms with Gasteiger partial charge in [-0.2, -0.15) is 0 Å². The number of halogens is 2. The zero-order chi connectivity index (χ0) is 21.6. The predicted molar refractivity (Wildman–Crippen MR) is 113 cm³/mol. The first-order chi connectivity index (χ1) is 13.7. The van der Waals surface area contributed by atoms with Crippen LogP contribution >= 0.6 is 24.4 Å². The van der Waals surface area contributed by atoms with Crippen molar-refractivity contribution in [1.82, 2.24) is 20.9 Å². The fraction of sp³-hybridized carbons (Fsp3) is 0.158. The molecule has 0 spiro atoms. The lowest BCUT2D eigenvalue weighted by molar-refractivity contribution is -0.132. The summed E-state index contributed by atoms with van der Waals surface area (Å²) in [6.45, 7) is 0. The minimum atomic E-state index is -0.631. The Bertz CT molecular complexity index is 880. The van der Waals surface area contributed by atoms with E-state index in [2.05, 4.69) is 10.9 Å². The van der Waals surface area contributed by atoms with Crippen LogP contribution in [0.3, 0.4) is 0 Å². The maximum atomic E-state index is 13.3. The molecule has 29 heavy (non-hydrogen) atoms. The van der Waals surface area contributed by atoms with Crippen molar-refractivity contribution in [2.75, 3.05) is 14.1 Å². The van der Waals surface area contributed by atoms with Crippen LogP contribution in [-0.4, -0.2) is 45.9 Å². The Balaban J connectivity index is 1.87. The maximum absolute atomic E-state index is 13.3. The largest absolute Gasteiger partial charge is 0.277 e. The maximum Gasteiger partial charge on any atom is 0.248 e. The molecule has 10 heteroatoms. The second kappa shape index (κ2) is 9.99. The number of rotatable bonds is 4. The number of carbonyl (C=O) groups is 2. The molecule has 0 aromatic heterocycles. The van der Waals surface area contributed by atoms with Crippen LogP contribution < -0.4 is 10.9 Å². The van der Waals surface area contributed by atoms with Gasteiger partial charge in [0, 0.05) is 25.2 Å². The highest BCUT2D eigenvalue weighted by Gasteiger charge is 2.16. The van der Waals surface area contributed by atoms with Crippen molar-refractivity contribution in [3.05, 3.63) is 71.3 Å². The van der Waals surface area contributed by atoms with Crippen molar-refractivity contribution in [2.45, 2.75) is 6.42 Å². The molecule has 6 nitrogen and oxygen atoms in total. The van der Waals surface area contributed by atoms with Crippen molar-refractivity contribution in [2.24, 2.45) is 0 Å². The third-order valence-corrected chi connectivity index (χ3v) is 4.68. The predicted octanol–water partition coefficient (Wildman–Crippen LogP) is 2.33. The summed E-state index contributed by atoms with van der Waals surface area (Å²) in [4.78, 5) is 24.5. The standard InChI is InChI=1S/C19H18F2N4O2S2/c1-24(18(28)12-5-3-7-14(20)9-12)22-16(26)11-17(27)23-25(2)19(29)13-6-4-8-15(21)10-13/h3-10H,11H2,1-2H3,(H,22,26)(H,23,27). The molecule has 2 rings (SSSR count). The van der Waals surface area contributed by atoms with Crippen LogP contribution in [0.2, 0.25) is 0 Å². The van der Waals surface area contributed by atoms with E-state index in [0.29, 0.717) is 11.1 Å². The van der Waals surface area contributed by atoms with Crippen LogP contribution in [0.1, 0.15) is 17.5 Å². The van der Waals surface area contributed by atoms with Crippen LogP contribution in [-0.2, 0) is 9.59 Å². The summed E-state index contributed by atoms with van der Waals surface area (Å²) in [6.07, 6.45) is -0.508. The van der Waals surface area contributed by atoms with E-state index in [1.807, 2.05) is 0 Å². The van der Waals surface area contributed by atoms with Gasteiger partial charge in [0.05, 0.1) is 0 Å². The molecule has 0 saturated carbocycles. The zero-order valence-corrected chi connectivity index (χ0v) is 17.2. The lowest BCUT2D eigenvalue weighted by Crippen LogP contribution is -2.47. The summed E-state index contributed by atoms with van der Waals surface area (Å²) >= 11 is 10.4. The molecule has 0 bridgehead atoms. The molecular formula is C19H18F2N4O2S2. The number of hydrazine groups is 2. The Labute approximate surface area is 177 Å². The van der Waals surface area contributed by atoms with Gasteiger partial charge in [0.15, 0.2) is 0 Å². The van der Waals surface area contributed by atoms with E-state index in [4.69, 9.17) is 24.4 Å². The minimum Gasteiger partial charge on any atom is -0.277 e. The van der Waals surface area contributed by atoms with Gasteiger partial charge in [-0.25, -0.2) is 8.78 Å². The van der Waals surface area contributed by atoms with E-state index in [1.54, 1.807) is 12.1 Å². The molecule has 0 saturated heterocycles. The van der Waals surface area contributed by atoms with E-state index < -0.39 is 29.9 Å². The number of hydrogen-bond donors (Lipinski definition) is 2. The topological polar surface area (TPSA) is 64.7 Å². The van der Waals surface area contributed by atoms with Crippen LogP contribution in [0.4, 0.5) is 8.78 Å². The Morgan fingerprint density at radius 1 is 0.828 bits per heavy atom. The first-order valence-electron chi connectivity index (χ1n) is 8.33. The van der Waals surface area contributed by atoms with Gasteiger partial charge in [0.2, 0.25) is 11.8 Å². The Morgan fingerprint density at radius 2 is 1.21 bits per heavy atom. The molecule has 0 aliphatic carbocycles. The minimum absolute atomic E-state index is 0.183. The van der Waals surface area contributed by atoms with Gasteiger partial charge in [-0.05, 0) is 24.3 Å². The number of nitrogens with one attached hydrogen (secondary N) is 2.